The average molecular weight is 269 g/mol. The minimum Gasteiger partial charge on any atom is -0.384 e. The number of nitrogen functional groups attached to an aromatic ring is 1. The zero-order valence-electron chi connectivity index (χ0n) is 11.5. The van der Waals surface area contributed by atoms with Crippen LogP contribution in [0.4, 0.5) is 5.82 Å². The molecule has 1 fully saturated rings. The van der Waals surface area contributed by atoms with Gasteiger partial charge in [0.25, 0.3) is 0 Å². The van der Waals surface area contributed by atoms with Gasteiger partial charge in [-0.1, -0.05) is 25.7 Å². The van der Waals surface area contributed by atoms with Crippen LogP contribution < -0.4 is 5.73 Å². The molecule has 0 saturated heterocycles. The van der Waals surface area contributed by atoms with Gasteiger partial charge in [-0.25, -0.2) is 9.97 Å². The molecule has 20 heavy (non-hydrogen) atoms. The van der Waals surface area contributed by atoms with E-state index in [0.717, 1.165) is 21.9 Å². The normalized spacial score (nSPS) is 17.8. The van der Waals surface area contributed by atoms with Gasteiger partial charge in [0, 0.05) is 17.8 Å². The largest absolute Gasteiger partial charge is 0.384 e. The van der Waals surface area contributed by atoms with E-state index in [1.54, 1.807) is 0 Å². The van der Waals surface area contributed by atoms with E-state index in [2.05, 4.69) is 19.7 Å². The number of fused-ring (bicyclic) bond motifs is 3. The van der Waals surface area contributed by atoms with Gasteiger partial charge in [0.2, 0.25) is 0 Å². The lowest BCUT2D eigenvalue weighted by Gasteiger charge is -2.17. The number of aromatic nitrogens is 4. The van der Waals surface area contributed by atoms with Crippen LogP contribution in [0.1, 0.15) is 44.6 Å². The van der Waals surface area contributed by atoms with Crippen molar-refractivity contribution in [2.45, 2.75) is 44.6 Å². The maximum absolute atomic E-state index is 6.15. The van der Waals surface area contributed by atoms with E-state index in [-0.39, 0.29) is 0 Å². The highest BCUT2D eigenvalue weighted by Crippen LogP contribution is 2.34. The SMILES string of the molecule is Nc1[nH]n(C2CCCCCC2)c2c1cnc1nccc12. The van der Waals surface area contributed by atoms with Crippen molar-refractivity contribution in [1.29, 1.82) is 0 Å². The Morgan fingerprint density at radius 3 is 2.70 bits per heavy atom. The Kier molecular flexibility index (Phi) is 2.65. The Labute approximate surface area is 117 Å². The Morgan fingerprint density at radius 2 is 1.90 bits per heavy atom. The van der Waals surface area contributed by atoms with Gasteiger partial charge in [-0.15, -0.1) is 0 Å². The summed E-state index contributed by atoms with van der Waals surface area (Å²) in [6.07, 6.45) is 11.4. The first-order valence-corrected chi connectivity index (χ1v) is 7.43. The maximum atomic E-state index is 6.15. The number of aromatic amines is 1. The fourth-order valence-corrected chi connectivity index (χ4v) is 3.44. The van der Waals surface area contributed by atoms with Crippen molar-refractivity contribution in [2.75, 3.05) is 5.73 Å². The number of H-pyrrole nitrogens is 1. The van der Waals surface area contributed by atoms with Crippen molar-refractivity contribution in [2.24, 2.45) is 0 Å². The van der Waals surface area contributed by atoms with Gasteiger partial charge < -0.3 is 5.73 Å². The molecule has 3 heterocycles. The monoisotopic (exact) mass is 269 g/mol. The zero-order chi connectivity index (χ0) is 13.5. The Hall–Kier alpha value is -2.04. The molecule has 5 heteroatoms. The molecule has 4 rings (SSSR count). The van der Waals surface area contributed by atoms with Crippen molar-refractivity contribution >= 4 is 27.8 Å². The molecule has 0 aliphatic heterocycles. The summed E-state index contributed by atoms with van der Waals surface area (Å²) >= 11 is 0. The second-order valence-corrected chi connectivity index (χ2v) is 5.74. The van der Waals surface area contributed by atoms with Crippen molar-refractivity contribution < 1.29 is 0 Å². The van der Waals surface area contributed by atoms with Crippen molar-refractivity contribution in [1.82, 2.24) is 19.7 Å². The number of hydrogen-bond donors (Lipinski definition) is 2. The Bertz CT molecular complexity index is 746. The number of pyridine rings is 1. The van der Waals surface area contributed by atoms with E-state index < -0.39 is 0 Å². The predicted octanol–water partition coefficient (Wildman–Crippen LogP) is 3.39. The molecule has 0 radical (unpaired) electrons. The van der Waals surface area contributed by atoms with Crippen LogP contribution >= 0.6 is 0 Å². The standard InChI is InChI=1S/C15H19N5/c16-14-12-9-18-15-11(7-8-17-15)13(12)20(19-14)10-5-3-1-2-4-6-10/h7-10,19H,1-6,16H2. The highest BCUT2D eigenvalue weighted by Gasteiger charge is 2.20. The number of nitrogens with one attached hydrogen (secondary N) is 1. The van der Waals surface area contributed by atoms with Gasteiger partial charge >= 0.3 is 0 Å². The fraction of sp³-hybridized carbons (Fsp3) is 0.467. The molecule has 0 amide bonds. The zero-order valence-corrected chi connectivity index (χ0v) is 11.5. The molecule has 1 aliphatic carbocycles. The van der Waals surface area contributed by atoms with Crippen molar-refractivity contribution in [3.8, 4) is 0 Å². The molecule has 3 aromatic rings. The molecule has 1 aliphatic rings. The van der Waals surface area contributed by atoms with Crippen LogP contribution in [0.15, 0.2) is 18.5 Å². The van der Waals surface area contributed by atoms with Crippen LogP contribution in [-0.4, -0.2) is 19.7 Å². The van der Waals surface area contributed by atoms with Crippen LogP contribution in [0.3, 0.4) is 0 Å². The molecule has 0 spiro atoms. The maximum Gasteiger partial charge on any atom is 0.161 e. The van der Waals surface area contributed by atoms with E-state index in [1.165, 1.54) is 38.5 Å². The Morgan fingerprint density at radius 1 is 1.10 bits per heavy atom. The van der Waals surface area contributed by atoms with Gasteiger partial charge in [-0.3, -0.25) is 9.78 Å². The van der Waals surface area contributed by atoms with E-state index in [0.29, 0.717) is 11.9 Å². The van der Waals surface area contributed by atoms with Crippen LogP contribution in [0.25, 0.3) is 21.9 Å². The second-order valence-electron chi connectivity index (χ2n) is 5.74. The summed E-state index contributed by atoms with van der Waals surface area (Å²) < 4.78 is 2.27. The number of rotatable bonds is 1. The van der Waals surface area contributed by atoms with Gasteiger partial charge in [-0.05, 0) is 18.9 Å². The highest BCUT2D eigenvalue weighted by atomic mass is 15.3. The van der Waals surface area contributed by atoms with Gasteiger partial charge in [0.15, 0.2) is 5.65 Å². The number of nitrogens with zero attached hydrogens (tertiary/aromatic N) is 3. The first-order valence-electron chi connectivity index (χ1n) is 7.43. The molecule has 0 unspecified atom stereocenters. The smallest absolute Gasteiger partial charge is 0.161 e. The molecular weight excluding hydrogens is 250 g/mol. The van der Waals surface area contributed by atoms with Gasteiger partial charge in [0.1, 0.15) is 5.82 Å². The minimum absolute atomic E-state index is 0.512. The van der Waals surface area contributed by atoms with E-state index in [9.17, 15) is 0 Å². The molecule has 104 valence electrons. The summed E-state index contributed by atoms with van der Waals surface area (Å²) in [6, 6.07) is 2.54. The average Bonchev–Trinajstić information content (AvgIpc) is 2.95. The van der Waals surface area contributed by atoms with Gasteiger partial charge in [0.05, 0.1) is 16.9 Å². The minimum atomic E-state index is 0.512. The van der Waals surface area contributed by atoms with E-state index in [1.807, 2.05) is 18.5 Å². The first-order chi connectivity index (χ1) is 9.84. The summed E-state index contributed by atoms with van der Waals surface area (Å²) in [4.78, 5) is 8.69. The molecule has 0 bridgehead atoms. The molecule has 3 aromatic heterocycles. The highest BCUT2D eigenvalue weighted by molar-refractivity contribution is 6.06. The lowest BCUT2D eigenvalue weighted by Crippen LogP contribution is -2.10. The molecule has 5 nitrogen and oxygen atoms in total. The lowest BCUT2D eigenvalue weighted by molar-refractivity contribution is 0.419. The third kappa shape index (κ3) is 1.69. The van der Waals surface area contributed by atoms with Crippen LogP contribution in [0.5, 0.6) is 0 Å². The van der Waals surface area contributed by atoms with Gasteiger partial charge in [-0.2, -0.15) is 0 Å². The predicted molar refractivity (Wildman–Crippen MR) is 80.5 cm³/mol. The number of nitrogens with two attached hydrogens (primary N) is 1. The third-order valence-corrected chi connectivity index (χ3v) is 4.47. The fourth-order valence-electron chi connectivity index (χ4n) is 3.44. The Balaban J connectivity index is 1.95. The molecular formula is C15H19N5. The van der Waals surface area contributed by atoms with Crippen LogP contribution in [-0.2, 0) is 0 Å². The van der Waals surface area contributed by atoms with Crippen molar-refractivity contribution in [3.05, 3.63) is 18.5 Å². The van der Waals surface area contributed by atoms with Crippen LogP contribution in [0.2, 0.25) is 0 Å². The molecule has 0 aromatic carbocycles. The second kappa shape index (κ2) is 4.51. The van der Waals surface area contributed by atoms with E-state index >= 15 is 0 Å². The van der Waals surface area contributed by atoms with Crippen LogP contribution in [0, 0.1) is 0 Å². The lowest BCUT2D eigenvalue weighted by atomic mass is 10.1. The molecule has 1 saturated carbocycles. The summed E-state index contributed by atoms with van der Waals surface area (Å²) in [7, 11) is 0. The quantitative estimate of drug-likeness (QED) is 0.665. The first kappa shape index (κ1) is 11.8. The summed E-state index contributed by atoms with van der Waals surface area (Å²) in [5.74, 6) is 0.708. The van der Waals surface area contributed by atoms with E-state index in [4.69, 9.17) is 5.73 Å². The summed E-state index contributed by atoms with van der Waals surface area (Å²) in [6.45, 7) is 0. The third-order valence-electron chi connectivity index (χ3n) is 4.47. The summed E-state index contributed by atoms with van der Waals surface area (Å²) in [5, 5.41) is 5.46. The number of hydrogen-bond acceptors (Lipinski definition) is 3. The summed E-state index contributed by atoms with van der Waals surface area (Å²) in [5.41, 5.74) is 8.11. The topological polar surface area (TPSA) is 72.5 Å². The molecule has 3 N–H and O–H groups in total. The molecule has 0 atom stereocenters. The van der Waals surface area contributed by atoms with Crippen molar-refractivity contribution in [3.63, 3.8) is 0 Å². The number of anilines is 1.